The Morgan fingerprint density at radius 3 is 2.85 bits per heavy atom. The molecule has 1 heterocycles. The Hall–Kier alpha value is -2.41. The lowest BCUT2D eigenvalue weighted by Gasteiger charge is -2.08. The van der Waals surface area contributed by atoms with Gasteiger partial charge in [-0.3, -0.25) is 14.8 Å². The van der Waals surface area contributed by atoms with Gasteiger partial charge in [0, 0.05) is 12.6 Å². The molecule has 7 nitrogen and oxygen atoms in total. The van der Waals surface area contributed by atoms with Crippen LogP contribution >= 0.6 is 0 Å². The number of hydrogen-bond acceptors (Lipinski definition) is 5. The minimum atomic E-state index is -0.773. The van der Waals surface area contributed by atoms with Crippen molar-refractivity contribution < 1.29 is 14.8 Å². The predicted molar refractivity (Wildman–Crippen MR) is 71.7 cm³/mol. The van der Waals surface area contributed by atoms with Gasteiger partial charge in [0.1, 0.15) is 0 Å². The molecule has 0 spiro atoms. The van der Waals surface area contributed by atoms with Gasteiger partial charge >= 0.3 is 5.69 Å². The molecule has 0 radical (unpaired) electrons. The van der Waals surface area contributed by atoms with Crippen LogP contribution in [0.5, 0.6) is 11.5 Å². The smallest absolute Gasteiger partial charge is 0.311 e. The van der Waals surface area contributed by atoms with Crippen LogP contribution in [0.4, 0.5) is 5.69 Å². The molecule has 106 valence electrons. The molecule has 1 aromatic carbocycles. The maximum atomic E-state index is 11.1. The average molecular weight is 277 g/mol. The van der Waals surface area contributed by atoms with Gasteiger partial charge in [0.25, 0.3) is 0 Å². The van der Waals surface area contributed by atoms with E-state index in [0.717, 1.165) is 0 Å². The molecule has 0 amide bonds. The van der Waals surface area contributed by atoms with Crippen molar-refractivity contribution in [1.82, 2.24) is 9.78 Å². The van der Waals surface area contributed by atoms with Gasteiger partial charge in [0.05, 0.1) is 23.4 Å². The standard InChI is InChI=1S/C13H15N3O4/c1-3-15-8-11(7-14-15)20-13-5-4-10(9(2)17)6-12(13)16(18)19/h4-9,17H,3H2,1-2H3/t9-/m1/s1. The maximum absolute atomic E-state index is 11.1. The van der Waals surface area contributed by atoms with Crippen LogP contribution in [0.3, 0.4) is 0 Å². The molecule has 0 aliphatic rings. The van der Waals surface area contributed by atoms with E-state index in [-0.39, 0.29) is 11.4 Å². The van der Waals surface area contributed by atoms with Gasteiger partial charge in [-0.1, -0.05) is 6.07 Å². The van der Waals surface area contributed by atoms with Crippen molar-refractivity contribution in [2.75, 3.05) is 0 Å². The fraction of sp³-hybridized carbons (Fsp3) is 0.308. The second-order valence-corrected chi connectivity index (χ2v) is 4.29. The van der Waals surface area contributed by atoms with Crippen LogP contribution in [0, 0.1) is 10.1 Å². The Kier molecular flexibility index (Phi) is 3.99. The molecule has 2 rings (SSSR count). The van der Waals surface area contributed by atoms with E-state index in [1.54, 1.807) is 23.9 Å². The van der Waals surface area contributed by atoms with E-state index in [4.69, 9.17) is 4.74 Å². The molecule has 0 bridgehead atoms. The van der Waals surface area contributed by atoms with Crippen molar-refractivity contribution in [2.45, 2.75) is 26.5 Å². The van der Waals surface area contributed by atoms with Crippen molar-refractivity contribution in [3.63, 3.8) is 0 Å². The summed E-state index contributed by atoms with van der Waals surface area (Å²) >= 11 is 0. The largest absolute Gasteiger partial charge is 0.447 e. The number of nitrogens with zero attached hydrogens (tertiary/aromatic N) is 3. The number of benzene rings is 1. The number of ether oxygens (including phenoxy) is 1. The van der Waals surface area contributed by atoms with E-state index in [9.17, 15) is 15.2 Å². The molecule has 2 aromatic rings. The third kappa shape index (κ3) is 2.94. The molecule has 0 saturated carbocycles. The number of aliphatic hydroxyl groups is 1. The normalized spacial score (nSPS) is 12.2. The number of aryl methyl sites for hydroxylation is 1. The lowest BCUT2D eigenvalue weighted by Crippen LogP contribution is -1.97. The minimum absolute atomic E-state index is 0.120. The highest BCUT2D eigenvalue weighted by atomic mass is 16.6. The zero-order valence-corrected chi connectivity index (χ0v) is 11.2. The summed E-state index contributed by atoms with van der Waals surface area (Å²) < 4.78 is 7.14. The van der Waals surface area contributed by atoms with E-state index in [0.29, 0.717) is 17.9 Å². The van der Waals surface area contributed by atoms with Crippen LogP contribution < -0.4 is 4.74 Å². The number of nitro groups is 1. The van der Waals surface area contributed by atoms with Gasteiger partial charge in [0.2, 0.25) is 5.75 Å². The van der Waals surface area contributed by atoms with Gasteiger partial charge in [-0.05, 0) is 25.5 Å². The number of aliphatic hydroxyl groups excluding tert-OH is 1. The highest BCUT2D eigenvalue weighted by Gasteiger charge is 2.18. The van der Waals surface area contributed by atoms with E-state index in [2.05, 4.69) is 5.10 Å². The molecule has 0 aliphatic heterocycles. The summed E-state index contributed by atoms with van der Waals surface area (Å²) in [4.78, 5) is 10.5. The Labute approximate surface area is 115 Å². The fourth-order valence-electron chi connectivity index (χ4n) is 1.72. The molecule has 7 heteroatoms. The second kappa shape index (κ2) is 5.70. The van der Waals surface area contributed by atoms with Crippen molar-refractivity contribution in [3.8, 4) is 11.5 Å². The summed E-state index contributed by atoms with van der Waals surface area (Å²) in [5.74, 6) is 0.551. The van der Waals surface area contributed by atoms with E-state index >= 15 is 0 Å². The van der Waals surface area contributed by atoms with Crippen LogP contribution in [-0.4, -0.2) is 19.8 Å². The molecule has 0 fully saturated rings. The molecule has 1 aromatic heterocycles. The molecule has 20 heavy (non-hydrogen) atoms. The SMILES string of the molecule is CCn1cc(Oc2ccc([C@@H](C)O)cc2[N+](=O)[O-])cn1. The first kappa shape index (κ1) is 14.0. The van der Waals surface area contributed by atoms with Crippen molar-refractivity contribution in [3.05, 3.63) is 46.3 Å². The van der Waals surface area contributed by atoms with Crippen LogP contribution in [0.25, 0.3) is 0 Å². The van der Waals surface area contributed by atoms with Crippen molar-refractivity contribution >= 4 is 5.69 Å². The molecule has 1 N–H and O–H groups in total. The van der Waals surface area contributed by atoms with Crippen LogP contribution in [0.1, 0.15) is 25.5 Å². The van der Waals surface area contributed by atoms with Crippen LogP contribution in [0.2, 0.25) is 0 Å². The predicted octanol–water partition coefficient (Wildman–Crippen LogP) is 2.66. The summed E-state index contributed by atoms with van der Waals surface area (Å²) in [5.41, 5.74) is 0.279. The van der Waals surface area contributed by atoms with Gasteiger partial charge < -0.3 is 9.84 Å². The van der Waals surface area contributed by atoms with Crippen LogP contribution in [-0.2, 0) is 6.54 Å². The summed E-state index contributed by atoms with van der Waals surface area (Å²) in [6.07, 6.45) is 2.38. The highest BCUT2D eigenvalue weighted by molar-refractivity contribution is 5.50. The Bertz CT molecular complexity index is 622. The number of hydrogen-bond donors (Lipinski definition) is 1. The lowest BCUT2D eigenvalue weighted by molar-refractivity contribution is -0.385. The van der Waals surface area contributed by atoms with E-state index in [1.807, 2.05) is 6.92 Å². The molecule has 0 aliphatic carbocycles. The number of aromatic nitrogens is 2. The fourth-order valence-corrected chi connectivity index (χ4v) is 1.72. The highest BCUT2D eigenvalue weighted by Crippen LogP contribution is 2.33. The first-order chi connectivity index (χ1) is 9.51. The van der Waals surface area contributed by atoms with Gasteiger partial charge in [-0.15, -0.1) is 0 Å². The lowest BCUT2D eigenvalue weighted by atomic mass is 10.1. The van der Waals surface area contributed by atoms with Gasteiger partial charge in [0.15, 0.2) is 5.75 Å². The van der Waals surface area contributed by atoms with Gasteiger partial charge in [-0.2, -0.15) is 5.10 Å². The minimum Gasteiger partial charge on any atom is -0.447 e. The summed E-state index contributed by atoms with van der Waals surface area (Å²) in [7, 11) is 0. The zero-order valence-electron chi connectivity index (χ0n) is 11.2. The van der Waals surface area contributed by atoms with Crippen molar-refractivity contribution in [2.24, 2.45) is 0 Å². The topological polar surface area (TPSA) is 90.4 Å². The molecular formula is C13H15N3O4. The number of nitro benzene ring substituents is 1. The average Bonchev–Trinajstić information content (AvgIpc) is 2.86. The monoisotopic (exact) mass is 277 g/mol. The van der Waals surface area contributed by atoms with E-state index < -0.39 is 11.0 Å². The Balaban J connectivity index is 2.33. The summed E-state index contributed by atoms with van der Waals surface area (Å²) in [6.45, 7) is 4.16. The van der Waals surface area contributed by atoms with Crippen molar-refractivity contribution in [1.29, 1.82) is 0 Å². The third-order valence-corrected chi connectivity index (χ3v) is 2.82. The molecule has 1 atom stereocenters. The Morgan fingerprint density at radius 1 is 1.55 bits per heavy atom. The summed E-state index contributed by atoms with van der Waals surface area (Å²) in [5, 5.41) is 24.6. The quantitative estimate of drug-likeness (QED) is 0.670. The molecular weight excluding hydrogens is 262 g/mol. The second-order valence-electron chi connectivity index (χ2n) is 4.29. The molecule has 0 unspecified atom stereocenters. The van der Waals surface area contributed by atoms with Gasteiger partial charge in [-0.25, -0.2) is 0 Å². The summed E-state index contributed by atoms with van der Waals surface area (Å²) in [6, 6.07) is 4.38. The first-order valence-corrected chi connectivity index (χ1v) is 6.18. The van der Waals surface area contributed by atoms with Crippen LogP contribution in [0.15, 0.2) is 30.6 Å². The maximum Gasteiger partial charge on any atom is 0.311 e. The number of rotatable bonds is 5. The zero-order chi connectivity index (χ0) is 14.7. The first-order valence-electron chi connectivity index (χ1n) is 6.18. The third-order valence-electron chi connectivity index (χ3n) is 2.82. The molecule has 0 saturated heterocycles. The van der Waals surface area contributed by atoms with E-state index in [1.165, 1.54) is 18.3 Å². The Morgan fingerprint density at radius 2 is 2.30 bits per heavy atom.